The minimum atomic E-state index is -1.16. The second-order valence-corrected chi connectivity index (χ2v) is 5.92. The van der Waals surface area contributed by atoms with E-state index in [1.807, 2.05) is 0 Å². The Bertz CT molecular complexity index is 983. The largest absolute Gasteiger partial charge is 0.478 e. The zero-order chi connectivity index (χ0) is 17.6. The van der Waals surface area contributed by atoms with Crippen molar-refractivity contribution in [1.29, 1.82) is 0 Å². The molecule has 1 aliphatic rings. The van der Waals surface area contributed by atoms with E-state index in [4.69, 9.17) is 0 Å². The van der Waals surface area contributed by atoms with Crippen molar-refractivity contribution in [1.82, 2.24) is 20.2 Å². The zero-order valence-electron chi connectivity index (χ0n) is 12.9. The molecule has 3 aromatic rings. The molecule has 0 saturated heterocycles. The highest BCUT2D eigenvalue weighted by atomic mass is 19.1. The summed E-state index contributed by atoms with van der Waals surface area (Å²) in [5.74, 6) is -1.74. The Morgan fingerprint density at radius 2 is 1.96 bits per heavy atom. The van der Waals surface area contributed by atoms with Crippen molar-refractivity contribution in [2.75, 3.05) is 0 Å². The molecule has 1 heterocycles. The molecule has 1 aliphatic carbocycles. The van der Waals surface area contributed by atoms with Crippen LogP contribution in [0.5, 0.6) is 0 Å². The molecule has 126 valence electrons. The first-order valence-corrected chi connectivity index (χ1v) is 7.65. The van der Waals surface area contributed by atoms with Gasteiger partial charge in [0.15, 0.2) is 5.82 Å². The van der Waals surface area contributed by atoms with Crippen LogP contribution in [-0.2, 0) is 0 Å². The molecule has 0 amide bonds. The van der Waals surface area contributed by atoms with Gasteiger partial charge in [0.05, 0.1) is 11.3 Å². The van der Waals surface area contributed by atoms with E-state index < -0.39 is 17.6 Å². The fraction of sp³-hybridized carbons (Fsp3) is 0.176. The van der Waals surface area contributed by atoms with Crippen LogP contribution in [-0.4, -0.2) is 31.3 Å². The van der Waals surface area contributed by atoms with Gasteiger partial charge in [-0.25, -0.2) is 13.6 Å². The Morgan fingerprint density at radius 3 is 2.64 bits per heavy atom. The Kier molecular flexibility index (Phi) is 3.52. The lowest BCUT2D eigenvalue weighted by atomic mass is 10.0. The van der Waals surface area contributed by atoms with E-state index in [9.17, 15) is 18.7 Å². The fourth-order valence-electron chi connectivity index (χ4n) is 2.71. The monoisotopic (exact) mass is 342 g/mol. The number of carbonyl (C=O) groups is 1. The minimum Gasteiger partial charge on any atom is -0.478 e. The molecule has 2 aromatic carbocycles. The minimum absolute atomic E-state index is 0.0338. The molecule has 4 rings (SSSR count). The molecular formula is C17H12F2N4O2. The first-order chi connectivity index (χ1) is 12.0. The van der Waals surface area contributed by atoms with Crippen molar-refractivity contribution in [3.63, 3.8) is 0 Å². The van der Waals surface area contributed by atoms with Crippen LogP contribution in [0, 0.1) is 11.6 Å². The zero-order valence-corrected chi connectivity index (χ0v) is 12.9. The lowest BCUT2D eigenvalue weighted by Gasteiger charge is -2.10. The Labute approximate surface area is 140 Å². The van der Waals surface area contributed by atoms with Gasteiger partial charge in [-0.3, -0.25) is 0 Å². The van der Waals surface area contributed by atoms with E-state index >= 15 is 0 Å². The number of benzene rings is 2. The molecule has 0 spiro atoms. The predicted octanol–water partition coefficient (Wildman–Crippen LogP) is 3.18. The van der Waals surface area contributed by atoms with Crippen LogP contribution >= 0.6 is 0 Å². The van der Waals surface area contributed by atoms with Gasteiger partial charge in [-0.1, -0.05) is 0 Å². The Hall–Kier alpha value is -3.16. The number of carboxylic acids is 1. The average molecular weight is 342 g/mol. The van der Waals surface area contributed by atoms with E-state index in [-0.39, 0.29) is 17.0 Å². The van der Waals surface area contributed by atoms with E-state index in [0.29, 0.717) is 17.1 Å². The highest BCUT2D eigenvalue weighted by Crippen LogP contribution is 2.39. The number of tetrazole rings is 1. The van der Waals surface area contributed by atoms with Crippen LogP contribution in [0.25, 0.3) is 16.8 Å². The predicted molar refractivity (Wildman–Crippen MR) is 83.4 cm³/mol. The molecule has 0 unspecified atom stereocenters. The van der Waals surface area contributed by atoms with Gasteiger partial charge >= 0.3 is 5.97 Å². The summed E-state index contributed by atoms with van der Waals surface area (Å²) in [7, 11) is 0. The number of aromatic nitrogens is 4. The first-order valence-electron chi connectivity index (χ1n) is 7.65. The topological polar surface area (TPSA) is 80.9 Å². The molecule has 1 saturated carbocycles. The molecule has 0 aliphatic heterocycles. The number of rotatable bonds is 4. The summed E-state index contributed by atoms with van der Waals surface area (Å²) in [4.78, 5) is 11.5. The van der Waals surface area contributed by atoms with Crippen molar-refractivity contribution >= 4 is 5.97 Å². The van der Waals surface area contributed by atoms with Crippen LogP contribution in [0.4, 0.5) is 8.78 Å². The molecule has 0 bridgehead atoms. The standard InChI is InChI=1S/C17H12F2N4O2/c18-12-3-4-14(15(19)8-12)10-5-11(17(24)25)7-13(6-10)23-16(9-1-2-9)20-21-22-23/h3-9H,1-2H2,(H,24,25). The van der Waals surface area contributed by atoms with Crippen molar-refractivity contribution in [2.24, 2.45) is 0 Å². The summed E-state index contributed by atoms with van der Waals surface area (Å²) in [6.45, 7) is 0. The third-order valence-corrected chi connectivity index (χ3v) is 4.09. The molecule has 1 N–H and O–H groups in total. The number of aromatic carboxylic acids is 1. The summed E-state index contributed by atoms with van der Waals surface area (Å²) < 4.78 is 28.8. The third kappa shape index (κ3) is 2.86. The van der Waals surface area contributed by atoms with Gasteiger partial charge in [-0.05, 0) is 59.2 Å². The lowest BCUT2D eigenvalue weighted by molar-refractivity contribution is 0.0697. The van der Waals surface area contributed by atoms with Crippen molar-refractivity contribution in [2.45, 2.75) is 18.8 Å². The number of nitrogens with zero attached hydrogens (tertiary/aromatic N) is 4. The fourth-order valence-corrected chi connectivity index (χ4v) is 2.71. The number of carboxylic acid groups (broad SMARTS) is 1. The van der Waals surface area contributed by atoms with Crippen LogP contribution < -0.4 is 0 Å². The number of hydrogen-bond donors (Lipinski definition) is 1. The second kappa shape index (κ2) is 5.73. The summed E-state index contributed by atoms with van der Waals surface area (Å²) >= 11 is 0. The molecule has 1 fully saturated rings. The summed E-state index contributed by atoms with van der Waals surface area (Å²) in [5.41, 5.74) is 0.801. The van der Waals surface area contributed by atoms with E-state index in [0.717, 1.165) is 25.0 Å². The van der Waals surface area contributed by atoms with Gasteiger partial charge in [-0.2, -0.15) is 4.68 Å². The average Bonchev–Trinajstić information content (AvgIpc) is 3.31. The quantitative estimate of drug-likeness (QED) is 0.787. The lowest BCUT2D eigenvalue weighted by Crippen LogP contribution is -2.06. The van der Waals surface area contributed by atoms with Gasteiger partial charge < -0.3 is 5.11 Å². The SMILES string of the molecule is O=C(O)c1cc(-c2ccc(F)cc2F)cc(-n2nnnc2C2CC2)c1. The van der Waals surface area contributed by atoms with E-state index in [1.165, 1.54) is 22.9 Å². The third-order valence-electron chi connectivity index (χ3n) is 4.09. The van der Waals surface area contributed by atoms with Crippen molar-refractivity contribution < 1.29 is 18.7 Å². The highest BCUT2D eigenvalue weighted by Gasteiger charge is 2.30. The van der Waals surface area contributed by atoms with Gasteiger partial charge in [-0.15, -0.1) is 5.10 Å². The van der Waals surface area contributed by atoms with Crippen LogP contribution in [0.2, 0.25) is 0 Å². The summed E-state index contributed by atoms with van der Waals surface area (Å²) in [6, 6.07) is 7.51. The van der Waals surface area contributed by atoms with Gasteiger partial charge in [0.1, 0.15) is 11.6 Å². The number of halogens is 2. The van der Waals surface area contributed by atoms with Gasteiger partial charge in [0.2, 0.25) is 0 Å². The number of hydrogen-bond acceptors (Lipinski definition) is 4. The van der Waals surface area contributed by atoms with Crippen LogP contribution in [0.1, 0.15) is 34.9 Å². The Morgan fingerprint density at radius 1 is 1.16 bits per heavy atom. The normalized spacial score (nSPS) is 13.8. The van der Waals surface area contributed by atoms with E-state index in [1.54, 1.807) is 6.07 Å². The maximum Gasteiger partial charge on any atom is 0.335 e. The molecule has 0 atom stereocenters. The molecule has 25 heavy (non-hydrogen) atoms. The smallest absolute Gasteiger partial charge is 0.335 e. The maximum atomic E-state index is 14.1. The summed E-state index contributed by atoms with van der Waals surface area (Å²) in [5, 5.41) is 20.9. The van der Waals surface area contributed by atoms with Gasteiger partial charge in [0, 0.05) is 17.5 Å². The summed E-state index contributed by atoms with van der Waals surface area (Å²) in [6.07, 6.45) is 1.94. The molecular weight excluding hydrogens is 330 g/mol. The maximum absolute atomic E-state index is 14.1. The molecule has 0 radical (unpaired) electrons. The van der Waals surface area contributed by atoms with Crippen LogP contribution in [0.3, 0.4) is 0 Å². The van der Waals surface area contributed by atoms with Crippen LogP contribution in [0.15, 0.2) is 36.4 Å². The highest BCUT2D eigenvalue weighted by molar-refractivity contribution is 5.90. The first kappa shape index (κ1) is 15.4. The van der Waals surface area contributed by atoms with Crippen molar-refractivity contribution in [3.05, 3.63) is 59.4 Å². The van der Waals surface area contributed by atoms with E-state index in [2.05, 4.69) is 15.5 Å². The second-order valence-electron chi connectivity index (χ2n) is 5.92. The van der Waals surface area contributed by atoms with Crippen molar-refractivity contribution in [3.8, 4) is 16.8 Å². The molecule has 6 nitrogen and oxygen atoms in total. The molecule has 1 aromatic heterocycles. The van der Waals surface area contributed by atoms with Gasteiger partial charge in [0.25, 0.3) is 0 Å². The molecule has 8 heteroatoms. The Balaban J connectivity index is 1.89.